The lowest BCUT2D eigenvalue weighted by Gasteiger charge is -2.58. The molecule has 0 aliphatic carbocycles. The average Bonchev–Trinajstić information content (AvgIpc) is 3.17. The van der Waals surface area contributed by atoms with Crippen LogP contribution < -0.4 is 5.32 Å². The molecule has 1 aromatic carbocycles. The second-order valence-electron chi connectivity index (χ2n) is 8.00. The lowest BCUT2D eigenvalue weighted by Crippen LogP contribution is -2.78. The Kier molecular flexibility index (Phi) is 5.68. The lowest BCUT2D eigenvalue weighted by atomic mass is 9.78. The molecule has 3 fully saturated rings. The summed E-state index contributed by atoms with van der Waals surface area (Å²) in [4.78, 5) is 18.0. The molecule has 1 aromatic rings. The molecule has 27 heavy (non-hydrogen) atoms. The first-order chi connectivity index (χ1) is 13.0. The Morgan fingerprint density at radius 2 is 2.00 bits per heavy atom. The second kappa shape index (κ2) is 7.88. The van der Waals surface area contributed by atoms with Crippen molar-refractivity contribution in [2.75, 3.05) is 39.4 Å². The van der Waals surface area contributed by atoms with Crippen molar-refractivity contribution in [1.82, 2.24) is 15.1 Å². The average molecular weight is 412 g/mol. The van der Waals surface area contributed by atoms with Crippen LogP contribution in [0.5, 0.6) is 0 Å². The summed E-state index contributed by atoms with van der Waals surface area (Å²) in [5.41, 5.74) is 0.631. The van der Waals surface area contributed by atoms with Crippen LogP contribution in [0.25, 0.3) is 0 Å². The monoisotopic (exact) mass is 411 g/mol. The molecule has 0 bridgehead atoms. The minimum atomic E-state index is -0.270. The predicted octanol–water partition coefficient (Wildman–Crippen LogP) is 2.59. The SMILES string of the molecule is CC12C(N3CCCC3)COC[C@@H]1NCCN2C(=O)Cc1ccc(Cl)c(Cl)c1. The van der Waals surface area contributed by atoms with Crippen molar-refractivity contribution in [3.63, 3.8) is 0 Å². The second-order valence-corrected chi connectivity index (χ2v) is 8.81. The molecule has 148 valence electrons. The zero-order chi connectivity index (χ0) is 19.0. The summed E-state index contributed by atoms with van der Waals surface area (Å²) in [6.45, 7) is 7.27. The fraction of sp³-hybridized carbons (Fsp3) is 0.650. The van der Waals surface area contributed by atoms with Gasteiger partial charge in [-0.15, -0.1) is 0 Å². The van der Waals surface area contributed by atoms with E-state index in [2.05, 4.69) is 22.0 Å². The van der Waals surface area contributed by atoms with Crippen LogP contribution in [-0.2, 0) is 16.0 Å². The van der Waals surface area contributed by atoms with Gasteiger partial charge in [0.05, 0.1) is 47.3 Å². The van der Waals surface area contributed by atoms with E-state index >= 15 is 0 Å². The number of nitrogens with zero attached hydrogens (tertiary/aromatic N) is 2. The molecule has 2 unspecified atom stereocenters. The molecule has 1 amide bonds. The first-order valence-electron chi connectivity index (χ1n) is 9.79. The van der Waals surface area contributed by atoms with E-state index in [1.165, 1.54) is 12.8 Å². The number of amides is 1. The summed E-state index contributed by atoms with van der Waals surface area (Å²) < 4.78 is 5.93. The van der Waals surface area contributed by atoms with Gasteiger partial charge in [-0.3, -0.25) is 9.69 Å². The molecule has 4 rings (SSSR count). The molecule has 0 radical (unpaired) electrons. The van der Waals surface area contributed by atoms with Gasteiger partial charge in [0.1, 0.15) is 0 Å². The fourth-order valence-corrected chi connectivity index (χ4v) is 5.25. The first kappa shape index (κ1) is 19.5. The molecule has 3 heterocycles. The Balaban J connectivity index is 1.59. The Morgan fingerprint density at radius 1 is 1.22 bits per heavy atom. The van der Waals surface area contributed by atoms with Crippen molar-refractivity contribution in [3.05, 3.63) is 33.8 Å². The van der Waals surface area contributed by atoms with Gasteiger partial charge in [-0.2, -0.15) is 0 Å². The van der Waals surface area contributed by atoms with Gasteiger partial charge >= 0.3 is 0 Å². The van der Waals surface area contributed by atoms with Crippen molar-refractivity contribution in [2.24, 2.45) is 0 Å². The molecule has 3 aliphatic heterocycles. The maximum Gasteiger partial charge on any atom is 0.227 e. The number of hydrogen-bond donors (Lipinski definition) is 1. The highest BCUT2D eigenvalue weighted by Gasteiger charge is 2.54. The minimum absolute atomic E-state index is 0.147. The third-order valence-corrected chi connectivity index (χ3v) is 7.21. The van der Waals surface area contributed by atoms with Gasteiger partial charge in [0.25, 0.3) is 0 Å². The van der Waals surface area contributed by atoms with Crippen LogP contribution in [0.1, 0.15) is 25.3 Å². The quantitative estimate of drug-likeness (QED) is 0.829. The smallest absolute Gasteiger partial charge is 0.227 e. The third kappa shape index (κ3) is 3.60. The molecule has 7 heteroatoms. The number of hydrogen-bond acceptors (Lipinski definition) is 4. The van der Waals surface area contributed by atoms with Crippen LogP contribution in [0.3, 0.4) is 0 Å². The number of carbonyl (C=O) groups excluding carboxylic acids is 1. The Labute approximate surface area is 170 Å². The number of carbonyl (C=O) groups is 1. The largest absolute Gasteiger partial charge is 0.378 e. The summed E-state index contributed by atoms with van der Waals surface area (Å²) in [6.07, 6.45) is 2.79. The van der Waals surface area contributed by atoms with Crippen molar-refractivity contribution in [2.45, 2.75) is 43.8 Å². The number of fused-ring (bicyclic) bond motifs is 1. The molecule has 3 aliphatic rings. The highest BCUT2D eigenvalue weighted by atomic mass is 35.5. The standard InChI is InChI=1S/C20H27Cl2N3O2/c1-20-17(12-27-13-18(20)24-7-2-3-8-24)23-6-9-25(20)19(26)11-14-4-5-15(21)16(22)10-14/h4-5,10,17-18,23H,2-3,6-9,11-13H2,1H3/t17-,18?,20?/m0/s1. The summed E-state index contributed by atoms with van der Waals surface area (Å²) >= 11 is 12.2. The molecule has 3 atom stereocenters. The maximum atomic E-state index is 13.3. The normalized spacial score (nSPS) is 31.7. The van der Waals surface area contributed by atoms with Crippen molar-refractivity contribution in [1.29, 1.82) is 0 Å². The Hall–Kier alpha value is -0.850. The van der Waals surface area contributed by atoms with E-state index in [4.69, 9.17) is 27.9 Å². The predicted molar refractivity (Wildman–Crippen MR) is 107 cm³/mol. The molecule has 1 N–H and O–H groups in total. The Morgan fingerprint density at radius 3 is 2.74 bits per heavy atom. The van der Waals surface area contributed by atoms with Crippen molar-refractivity contribution >= 4 is 29.1 Å². The van der Waals surface area contributed by atoms with E-state index < -0.39 is 0 Å². The highest BCUT2D eigenvalue weighted by Crippen LogP contribution is 2.35. The maximum absolute atomic E-state index is 13.3. The zero-order valence-corrected chi connectivity index (χ0v) is 17.2. The molecular weight excluding hydrogens is 385 g/mol. The van der Waals surface area contributed by atoms with Gasteiger partial charge in [-0.1, -0.05) is 29.3 Å². The van der Waals surface area contributed by atoms with Crippen LogP contribution in [0.4, 0.5) is 0 Å². The number of rotatable bonds is 3. The summed E-state index contributed by atoms with van der Waals surface area (Å²) in [5, 5.41) is 4.60. The molecule has 3 saturated heterocycles. The molecule has 0 spiro atoms. The van der Waals surface area contributed by atoms with Gasteiger partial charge in [-0.25, -0.2) is 0 Å². The summed E-state index contributed by atoms with van der Waals surface area (Å²) in [5.74, 6) is 0.147. The molecule has 0 aromatic heterocycles. The van der Waals surface area contributed by atoms with E-state index in [1.54, 1.807) is 12.1 Å². The number of nitrogens with one attached hydrogen (secondary N) is 1. The van der Waals surface area contributed by atoms with E-state index in [9.17, 15) is 4.79 Å². The van der Waals surface area contributed by atoms with E-state index in [0.29, 0.717) is 29.7 Å². The molecule has 5 nitrogen and oxygen atoms in total. The summed E-state index contributed by atoms with van der Waals surface area (Å²) in [6, 6.07) is 5.82. The number of ether oxygens (including phenoxy) is 1. The minimum Gasteiger partial charge on any atom is -0.378 e. The van der Waals surface area contributed by atoms with Gasteiger partial charge in [0.15, 0.2) is 0 Å². The van der Waals surface area contributed by atoms with Crippen LogP contribution in [0, 0.1) is 0 Å². The number of likely N-dealkylation sites (tertiary alicyclic amines) is 1. The van der Waals surface area contributed by atoms with Crippen molar-refractivity contribution in [3.8, 4) is 0 Å². The zero-order valence-electron chi connectivity index (χ0n) is 15.7. The molecular formula is C20H27Cl2N3O2. The first-order valence-corrected chi connectivity index (χ1v) is 10.6. The highest BCUT2D eigenvalue weighted by molar-refractivity contribution is 6.42. The number of halogens is 2. The topological polar surface area (TPSA) is 44.8 Å². The lowest BCUT2D eigenvalue weighted by molar-refractivity contribution is -0.157. The number of benzene rings is 1. The van der Waals surface area contributed by atoms with Crippen LogP contribution in [0.15, 0.2) is 18.2 Å². The van der Waals surface area contributed by atoms with Crippen LogP contribution >= 0.6 is 23.2 Å². The number of piperazine rings is 1. The van der Waals surface area contributed by atoms with Crippen LogP contribution in [0.2, 0.25) is 10.0 Å². The van der Waals surface area contributed by atoms with Gasteiger partial charge in [-0.05, 0) is 50.6 Å². The van der Waals surface area contributed by atoms with Crippen LogP contribution in [-0.4, -0.2) is 72.7 Å². The molecule has 0 saturated carbocycles. The summed E-state index contributed by atoms with van der Waals surface area (Å²) in [7, 11) is 0. The van der Waals surface area contributed by atoms with Gasteiger partial charge in [0.2, 0.25) is 5.91 Å². The van der Waals surface area contributed by atoms with E-state index in [0.717, 1.165) is 31.7 Å². The van der Waals surface area contributed by atoms with E-state index in [1.807, 2.05) is 6.07 Å². The van der Waals surface area contributed by atoms with Gasteiger partial charge in [0, 0.05) is 13.1 Å². The van der Waals surface area contributed by atoms with Crippen molar-refractivity contribution < 1.29 is 9.53 Å². The Bertz CT molecular complexity index is 708. The van der Waals surface area contributed by atoms with Gasteiger partial charge < -0.3 is 15.0 Å². The fourth-order valence-electron chi connectivity index (χ4n) is 4.93. The third-order valence-electron chi connectivity index (χ3n) is 6.47. The van der Waals surface area contributed by atoms with E-state index in [-0.39, 0.29) is 23.5 Å².